The molecule has 0 atom stereocenters. The second-order valence-corrected chi connectivity index (χ2v) is 17.9. The summed E-state index contributed by atoms with van der Waals surface area (Å²) in [7, 11) is -4.29. The fourth-order valence-corrected chi connectivity index (χ4v) is 15.0. The van der Waals surface area contributed by atoms with Crippen LogP contribution in [0.1, 0.15) is 66.9 Å². The van der Waals surface area contributed by atoms with Crippen LogP contribution in [0.2, 0.25) is 13.3 Å². The van der Waals surface area contributed by atoms with Crippen LogP contribution in [-0.2, 0) is 16.5 Å². The SMILES string of the molecule is CC(C)[CH2][Sn+]([CH2]C(C)C)[CH2]C(C)C.CCCCc1ccc(S(=O)(=O)[O-])cc1. The Bertz CT molecular complexity index is 569. The topological polar surface area (TPSA) is 57.2 Å². The van der Waals surface area contributed by atoms with Gasteiger partial charge in [0.2, 0.25) is 0 Å². The zero-order valence-corrected chi connectivity index (χ0v) is 22.1. The molecule has 0 fully saturated rings. The molecule has 1 aromatic carbocycles. The molecule has 0 spiro atoms. The monoisotopic (exact) mass is 504 g/mol. The molecule has 5 heteroatoms. The molecule has 0 saturated carbocycles. The Morgan fingerprint density at radius 2 is 1.26 bits per heavy atom. The van der Waals surface area contributed by atoms with Crippen LogP contribution < -0.4 is 0 Å². The predicted molar refractivity (Wildman–Crippen MR) is 118 cm³/mol. The minimum Gasteiger partial charge on any atom is -0.744 e. The summed E-state index contributed by atoms with van der Waals surface area (Å²) in [6.07, 6.45) is 3.10. The third kappa shape index (κ3) is 14.6. The number of aryl methyl sites for hydroxylation is 1. The van der Waals surface area contributed by atoms with E-state index in [2.05, 4.69) is 48.5 Å². The van der Waals surface area contributed by atoms with E-state index in [4.69, 9.17) is 0 Å². The van der Waals surface area contributed by atoms with Gasteiger partial charge in [-0.3, -0.25) is 0 Å². The molecule has 0 saturated heterocycles. The van der Waals surface area contributed by atoms with Gasteiger partial charge in [-0.25, -0.2) is 8.42 Å². The molecule has 0 N–H and O–H groups in total. The molecular formula is C22H40O3SSn. The maximum absolute atomic E-state index is 10.6. The molecule has 0 unspecified atom stereocenters. The summed E-state index contributed by atoms with van der Waals surface area (Å²) < 4.78 is 36.6. The van der Waals surface area contributed by atoms with Gasteiger partial charge in [-0.1, -0.05) is 25.5 Å². The van der Waals surface area contributed by atoms with Crippen LogP contribution in [0.15, 0.2) is 29.2 Å². The van der Waals surface area contributed by atoms with Crippen molar-refractivity contribution in [1.29, 1.82) is 0 Å². The second-order valence-electron chi connectivity index (χ2n) is 8.75. The van der Waals surface area contributed by atoms with Gasteiger partial charge < -0.3 is 4.55 Å². The van der Waals surface area contributed by atoms with Crippen molar-refractivity contribution < 1.29 is 13.0 Å². The van der Waals surface area contributed by atoms with Crippen molar-refractivity contribution >= 4 is 29.9 Å². The molecule has 0 amide bonds. The van der Waals surface area contributed by atoms with Gasteiger partial charge in [0.1, 0.15) is 10.1 Å². The molecule has 3 nitrogen and oxygen atoms in total. The first kappa shape index (κ1) is 26.9. The maximum Gasteiger partial charge on any atom is 0.124 e. The van der Waals surface area contributed by atoms with Gasteiger partial charge in [0.05, 0.1) is 4.90 Å². The zero-order chi connectivity index (χ0) is 21.0. The third-order valence-electron chi connectivity index (χ3n) is 4.12. The van der Waals surface area contributed by atoms with Crippen LogP contribution >= 0.6 is 0 Å². The van der Waals surface area contributed by atoms with Crippen LogP contribution in [0, 0.1) is 17.8 Å². The van der Waals surface area contributed by atoms with Crippen LogP contribution in [0.25, 0.3) is 0 Å². The molecule has 0 aliphatic rings. The first-order valence-corrected chi connectivity index (χ1v) is 17.8. The summed E-state index contributed by atoms with van der Waals surface area (Å²) in [5.41, 5.74) is 1.07. The van der Waals surface area contributed by atoms with Crippen LogP contribution in [-0.4, -0.2) is 32.7 Å². The van der Waals surface area contributed by atoms with Gasteiger partial charge in [-0.2, -0.15) is 0 Å². The summed E-state index contributed by atoms with van der Waals surface area (Å²) in [4.78, 5) is -0.155. The quantitative estimate of drug-likeness (QED) is 0.275. The minimum absolute atomic E-state index is 0.155. The van der Waals surface area contributed by atoms with Crippen LogP contribution in [0.5, 0.6) is 0 Å². The van der Waals surface area contributed by atoms with E-state index in [0.29, 0.717) is 0 Å². The molecule has 1 aromatic rings. The Hall–Kier alpha value is -0.0713. The number of unbranched alkanes of at least 4 members (excludes halogenated alkanes) is 1. The van der Waals surface area contributed by atoms with Crippen molar-refractivity contribution in [2.45, 2.75) is 85.9 Å². The Labute approximate surface area is 175 Å². The third-order valence-corrected chi connectivity index (χ3v) is 16.9. The summed E-state index contributed by atoms with van der Waals surface area (Å²) in [6.45, 7) is 16.4. The molecular weight excluding hydrogens is 463 g/mol. The van der Waals surface area contributed by atoms with E-state index in [9.17, 15) is 13.0 Å². The predicted octanol–water partition coefficient (Wildman–Crippen LogP) is 6.38. The van der Waals surface area contributed by atoms with Crippen molar-refractivity contribution in [1.82, 2.24) is 0 Å². The molecule has 0 radical (unpaired) electrons. The van der Waals surface area contributed by atoms with E-state index in [-0.39, 0.29) is 4.90 Å². The van der Waals surface area contributed by atoms with Gasteiger partial charge in [0.15, 0.2) is 0 Å². The largest absolute Gasteiger partial charge is 0.744 e. The molecule has 0 aliphatic heterocycles. The maximum atomic E-state index is 10.6. The van der Waals surface area contributed by atoms with Crippen molar-refractivity contribution in [3.05, 3.63) is 29.8 Å². The number of benzene rings is 1. The number of hydrogen-bond donors (Lipinski definition) is 0. The Morgan fingerprint density at radius 1 is 0.852 bits per heavy atom. The normalized spacial score (nSPS) is 11.7. The Balaban J connectivity index is 0.000000503. The van der Waals surface area contributed by atoms with E-state index in [1.165, 1.54) is 12.1 Å². The minimum atomic E-state index is -4.29. The summed E-state index contributed by atoms with van der Waals surface area (Å²) in [5.74, 6) is 2.85. The average molecular weight is 503 g/mol. The van der Waals surface area contributed by atoms with E-state index in [1.807, 2.05) is 0 Å². The molecule has 1 rings (SSSR count). The average Bonchev–Trinajstić information content (AvgIpc) is 2.51. The standard InChI is InChI=1S/C10H14O3S.3C4H9.Sn/c1-2-3-4-9-5-7-10(8-6-9)14(11,12)13;3*1-4(2)3;/h5-8H,2-4H2,1H3,(H,11,12,13);3*4H,1H2,2-3H3;/q;;;;+1/p-1. The second kappa shape index (κ2) is 14.0. The van der Waals surface area contributed by atoms with Crippen molar-refractivity contribution in [2.75, 3.05) is 0 Å². The first-order chi connectivity index (χ1) is 12.5. The van der Waals surface area contributed by atoms with Crippen molar-refractivity contribution in [3.8, 4) is 0 Å². The molecule has 156 valence electrons. The van der Waals surface area contributed by atoms with Crippen molar-refractivity contribution in [3.63, 3.8) is 0 Å². The van der Waals surface area contributed by atoms with E-state index in [1.54, 1.807) is 25.4 Å². The van der Waals surface area contributed by atoms with Gasteiger partial charge >= 0.3 is 92.4 Å². The van der Waals surface area contributed by atoms with E-state index < -0.39 is 29.9 Å². The van der Waals surface area contributed by atoms with Gasteiger partial charge in [-0.05, 0) is 30.5 Å². The summed E-state index contributed by atoms with van der Waals surface area (Å²) in [5, 5.41) is 0. The summed E-state index contributed by atoms with van der Waals surface area (Å²) in [6, 6.07) is 6.13. The Morgan fingerprint density at radius 3 is 1.56 bits per heavy atom. The fourth-order valence-electron chi connectivity index (χ4n) is 3.19. The molecule has 0 aromatic heterocycles. The van der Waals surface area contributed by atoms with Crippen LogP contribution in [0.3, 0.4) is 0 Å². The molecule has 0 bridgehead atoms. The molecule has 0 heterocycles. The Kier molecular flexibility index (Phi) is 14.0. The van der Waals surface area contributed by atoms with Crippen molar-refractivity contribution in [2.24, 2.45) is 17.8 Å². The van der Waals surface area contributed by atoms with E-state index >= 15 is 0 Å². The summed E-state index contributed by atoms with van der Waals surface area (Å²) >= 11 is -0.976. The van der Waals surface area contributed by atoms with Gasteiger partial charge in [-0.15, -0.1) is 0 Å². The number of hydrogen-bond acceptors (Lipinski definition) is 3. The zero-order valence-electron chi connectivity index (χ0n) is 18.4. The van der Waals surface area contributed by atoms with E-state index in [0.717, 1.165) is 42.6 Å². The van der Waals surface area contributed by atoms with Gasteiger partial charge in [0.25, 0.3) is 0 Å². The number of rotatable bonds is 10. The smallest absolute Gasteiger partial charge is 0.124 e. The van der Waals surface area contributed by atoms with Gasteiger partial charge in [0, 0.05) is 0 Å². The van der Waals surface area contributed by atoms with Crippen LogP contribution in [0.4, 0.5) is 0 Å². The first-order valence-electron chi connectivity index (χ1n) is 10.3. The fraction of sp³-hybridized carbons (Fsp3) is 0.727. The molecule has 27 heavy (non-hydrogen) atoms. The molecule has 0 aliphatic carbocycles.